The third-order valence-corrected chi connectivity index (χ3v) is 6.57. The zero-order chi connectivity index (χ0) is 25.0. The van der Waals surface area contributed by atoms with Gasteiger partial charge in [-0.15, -0.1) is 0 Å². The highest BCUT2D eigenvalue weighted by molar-refractivity contribution is 6.09. The maximum absolute atomic E-state index is 13.4. The Morgan fingerprint density at radius 1 is 1.00 bits per heavy atom. The smallest absolute Gasteiger partial charge is 0.325 e. The minimum absolute atomic E-state index is 0.286. The van der Waals surface area contributed by atoms with Crippen molar-refractivity contribution in [2.24, 2.45) is 0 Å². The normalized spacial score (nSPS) is 17.6. The zero-order valence-corrected chi connectivity index (χ0v) is 20.1. The number of amides is 4. The zero-order valence-electron chi connectivity index (χ0n) is 20.1. The number of urea groups is 1. The van der Waals surface area contributed by atoms with Gasteiger partial charge in [0.05, 0.1) is 0 Å². The summed E-state index contributed by atoms with van der Waals surface area (Å²) >= 11 is 0. The van der Waals surface area contributed by atoms with Gasteiger partial charge in [-0.1, -0.05) is 68.3 Å². The third kappa shape index (κ3) is 5.19. The number of fused-ring (bicyclic) bond motifs is 1. The van der Waals surface area contributed by atoms with E-state index in [4.69, 9.17) is 0 Å². The van der Waals surface area contributed by atoms with Gasteiger partial charge in [0, 0.05) is 13.1 Å². The van der Waals surface area contributed by atoms with Crippen LogP contribution in [0.3, 0.4) is 0 Å². The lowest BCUT2D eigenvalue weighted by Gasteiger charge is -2.26. The van der Waals surface area contributed by atoms with Crippen molar-refractivity contribution in [3.63, 3.8) is 0 Å². The summed E-state index contributed by atoms with van der Waals surface area (Å²) in [5, 5.41) is 4.79. The van der Waals surface area contributed by atoms with Crippen LogP contribution in [0.4, 0.5) is 9.18 Å². The van der Waals surface area contributed by atoms with Crippen molar-refractivity contribution < 1.29 is 18.8 Å². The van der Waals surface area contributed by atoms with E-state index in [9.17, 15) is 18.8 Å². The Kier molecular flexibility index (Phi) is 7.15. The highest BCUT2D eigenvalue weighted by Gasteiger charge is 2.49. The number of halogens is 1. The second-order valence-corrected chi connectivity index (χ2v) is 9.16. The number of unbranched alkanes of at least 4 members (excludes halogenated alkanes) is 2. The maximum atomic E-state index is 13.4. The summed E-state index contributed by atoms with van der Waals surface area (Å²) in [5.41, 5.74) is 0.191. The highest BCUT2D eigenvalue weighted by atomic mass is 19.1. The molecule has 1 unspecified atom stereocenters. The second-order valence-electron chi connectivity index (χ2n) is 9.16. The highest BCUT2D eigenvalue weighted by Crippen LogP contribution is 2.31. The van der Waals surface area contributed by atoms with Crippen LogP contribution in [-0.2, 0) is 21.7 Å². The van der Waals surface area contributed by atoms with Crippen molar-refractivity contribution >= 4 is 28.6 Å². The fourth-order valence-electron chi connectivity index (χ4n) is 4.43. The summed E-state index contributed by atoms with van der Waals surface area (Å²) in [6, 6.07) is 18.8. The fraction of sp³-hybridized carbons (Fsp3) is 0.321. The van der Waals surface area contributed by atoms with E-state index in [1.54, 1.807) is 24.0 Å². The number of nitrogens with zero attached hydrogens (tertiary/aromatic N) is 2. The SMILES string of the molecule is CCCCCN(Cc1ccc(F)cc1)C(=O)CN1C(=O)NC(C)(c2ccc3ccccc3c2)C1=O. The average molecular weight is 476 g/mol. The number of hydrogen-bond donors (Lipinski definition) is 1. The standard InChI is InChI=1S/C28H30FN3O3/c1-3-4-7-16-31(18-20-10-14-24(29)15-11-20)25(33)19-32-26(34)28(2,30-27(32)35)23-13-12-21-8-5-6-9-22(21)17-23/h5-6,8-15,17H,3-4,7,16,18-19H2,1-2H3,(H,30,35). The molecule has 0 radical (unpaired) electrons. The van der Waals surface area contributed by atoms with Gasteiger partial charge in [-0.05, 0) is 53.4 Å². The molecule has 4 rings (SSSR count). The monoisotopic (exact) mass is 475 g/mol. The van der Waals surface area contributed by atoms with E-state index < -0.39 is 17.5 Å². The van der Waals surface area contributed by atoms with Gasteiger partial charge < -0.3 is 10.2 Å². The van der Waals surface area contributed by atoms with E-state index in [0.717, 1.165) is 40.5 Å². The van der Waals surface area contributed by atoms with Crippen LogP contribution in [0.15, 0.2) is 66.7 Å². The number of rotatable bonds is 9. The van der Waals surface area contributed by atoms with Crippen LogP contribution < -0.4 is 5.32 Å². The molecule has 3 aromatic carbocycles. The summed E-state index contributed by atoms with van der Waals surface area (Å²) in [5.74, 6) is -1.12. The Hall–Kier alpha value is -3.74. The molecule has 0 aliphatic carbocycles. The summed E-state index contributed by atoms with van der Waals surface area (Å²) in [7, 11) is 0. The van der Waals surface area contributed by atoms with E-state index in [2.05, 4.69) is 12.2 Å². The molecule has 0 saturated carbocycles. The Labute approximate surface area is 204 Å². The molecule has 1 fully saturated rings. The van der Waals surface area contributed by atoms with Crippen molar-refractivity contribution in [2.45, 2.75) is 45.2 Å². The molecule has 182 valence electrons. The number of benzene rings is 3. The lowest BCUT2D eigenvalue weighted by atomic mass is 9.90. The number of imide groups is 1. The van der Waals surface area contributed by atoms with Gasteiger partial charge in [0.2, 0.25) is 5.91 Å². The van der Waals surface area contributed by atoms with E-state index in [1.807, 2.05) is 42.5 Å². The van der Waals surface area contributed by atoms with Gasteiger partial charge in [0.15, 0.2) is 0 Å². The van der Waals surface area contributed by atoms with Crippen molar-refractivity contribution in [1.82, 2.24) is 15.1 Å². The molecule has 1 aliphatic rings. The van der Waals surface area contributed by atoms with Crippen LogP contribution in [0.5, 0.6) is 0 Å². The quantitative estimate of drug-likeness (QED) is 0.351. The maximum Gasteiger partial charge on any atom is 0.325 e. The molecule has 6 nitrogen and oxygen atoms in total. The molecule has 0 aromatic heterocycles. The van der Waals surface area contributed by atoms with Crippen molar-refractivity contribution in [2.75, 3.05) is 13.1 Å². The molecular formula is C28H30FN3O3. The third-order valence-electron chi connectivity index (χ3n) is 6.57. The first-order chi connectivity index (χ1) is 16.8. The molecule has 1 aliphatic heterocycles. The minimum atomic E-state index is -1.26. The fourth-order valence-corrected chi connectivity index (χ4v) is 4.43. The Morgan fingerprint density at radius 2 is 1.71 bits per heavy atom. The molecule has 0 bridgehead atoms. The molecule has 0 spiro atoms. The number of carbonyl (C=O) groups is 3. The van der Waals surface area contributed by atoms with Crippen molar-refractivity contribution in [3.05, 3.63) is 83.7 Å². The molecule has 4 amide bonds. The van der Waals surface area contributed by atoms with Crippen LogP contribution in [0, 0.1) is 5.82 Å². The van der Waals surface area contributed by atoms with E-state index in [1.165, 1.54) is 12.1 Å². The van der Waals surface area contributed by atoms with Crippen molar-refractivity contribution in [1.29, 1.82) is 0 Å². The first-order valence-corrected chi connectivity index (χ1v) is 12.0. The van der Waals surface area contributed by atoms with Gasteiger partial charge >= 0.3 is 6.03 Å². The van der Waals surface area contributed by atoms with Crippen LogP contribution in [0.25, 0.3) is 10.8 Å². The minimum Gasteiger partial charge on any atom is -0.337 e. The van der Waals surface area contributed by atoms with E-state index in [0.29, 0.717) is 12.1 Å². The molecular weight excluding hydrogens is 445 g/mol. The molecule has 1 N–H and O–H groups in total. The largest absolute Gasteiger partial charge is 0.337 e. The van der Waals surface area contributed by atoms with Gasteiger partial charge in [-0.25, -0.2) is 9.18 Å². The lowest BCUT2D eigenvalue weighted by Crippen LogP contribution is -2.44. The first-order valence-electron chi connectivity index (χ1n) is 12.0. The molecule has 3 aromatic rings. The Bertz CT molecular complexity index is 1240. The second kappa shape index (κ2) is 10.3. The van der Waals surface area contributed by atoms with Crippen LogP contribution in [0.2, 0.25) is 0 Å². The molecule has 1 saturated heterocycles. The Morgan fingerprint density at radius 3 is 2.43 bits per heavy atom. The molecule has 7 heteroatoms. The van der Waals surface area contributed by atoms with Crippen LogP contribution in [0.1, 0.15) is 44.2 Å². The average Bonchev–Trinajstić information content (AvgIpc) is 3.08. The van der Waals surface area contributed by atoms with Gasteiger partial charge in [0.25, 0.3) is 5.91 Å². The van der Waals surface area contributed by atoms with Crippen molar-refractivity contribution in [3.8, 4) is 0 Å². The predicted octanol–water partition coefficient (Wildman–Crippen LogP) is 4.96. The Balaban J connectivity index is 1.52. The van der Waals surface area contributed by atoms with Crippen LogP contribution in [-0.4, -0.2) is 40.7 Å². The first kappa shape index (κ1) is 24.4. The summed E-state index contributed by atoms with van der Waals surface area (Å²) in [4.78, 5) is 42.1. The molecule has 35 heavy (non-hydrogen) atoms. The predicted molar refractivity (Wildman–Crippen MR) is 133 cm³/mol. The number of carbonyl (C=O) groups excluding carboxylic acids is 3. The number of hydrogen-bond acceptors (Lipinski definition) is 3. The van der Waals surface area contributed by atoms with E-state index >= 15 is 0 Å². The van der Waals surface area contributed by atoms with Gasteiger partial charge in [-0.3, -0.25) is 14.5 Å². The van der Waals surface area contributed by atoms with Gasteiger partial charge in [-0.2, -0.15) is 0 Å². The topological polar surface area (TPSA) is 69.7 Å². The summed E-state index contributed by atoms with van der Waals surface area (Å²) in [6.45, 7) is 4.18. The number of nitrogens with one attached hydrogen (secondary N) is 1. The lowest BCUT2D eigenvalue weighted by molar-refractivity contribution is -0.139. The van der Waals surface area contributed by atoms with Gasteiger partial charge in [0.1, 0.15) is 17.9 Å². The molecule has 1 atom stereocenters. The summed E-state index contributed by atoms with van der Waals surface area (Å²) < 4.78 is 13.3. The summed E-state index contributed by atoms with van der Waals surface area (Å²) in [6.07, 6.45) is 2.75. The molecule has 1 heterocycles. The van der Waals surface area contributed by atoms with Crippen LogP contribution >= 0.6 is 0 Å². The van der Waals surface area contributed by atoms with E-state index in [-0.39, 0.29) is 24.8 Å².